The van der Waals surface area contributed by atoms with E-state index < -0.39 is 18.4 Å². The minimum atomic E-state index is -2.42. The van der Waals surface area contributed by atoms with Crippen molar-refractivity contribution < 1.29 is 4.74 Å². The first-order chi connectivity index (χ1) is 11.3. The molecule has 0 N–H and O–H groups in total. The van der Waals surface area contributed by atoms with Crippen molar-refractivity contribution in [2.75, 3.05) is 13.2 Å². The summed E-state index contributed by atoms with van der Waals surface area (Å²) in [5.41, 5.74) is 0. The second-order valence-electron chi connectivity index (χ2n) is 7.17. The summed E-state index contributed by atoms with van der Waals surface area (Å²) in [6.07, 6.45) is 11.3. The van der Waals surface area contributed by atoms with Gasteiger partial charge >= 0.3 is 146 Å². The average molecular weight is 428 g/mol. The normalized spacial score (nSPS) is 18.7. The van der Waals surface area contributed by atoms with Crippen LogP contribution in [-0.4, -0.2) is 46.6 Å². The van der Waals surface area contributed by atoms with Gasteiger partial charge in [-0.15, -0.1) is 0 Å². The second-order valence-corrected chi connectivity index (χ2v) is 20.2. The van der Waals surface area contributed by atoms with E-state index in [1.807, 2.05) is 0 Å². The van der Waals surface area contributed by atoms with Crippen LogP contribution in [0.5, 0.6) is 0 Å². The SMILES string of the molecule is CCC[CH2][Sn]([CH2]CCC)([CH2]CCC)[c]1cnnn1[C@@H]1CCOC1. The van der Waals surface area contributed by atoms with Crippen LogP contribution >= 0.6 is 0 Å². The van der Waals surface area contributed by atoms with E-state index in [9.17, 15) is 0 Å². The van der Waals surface area contributed by atoms with Crippen LogP contribution in [0, 0.1) is 0 Å². The zero-order chi connectivity index (χ0) is 16.5. The van der Waals surface area contributed by atoms with Crippen molar-refractivity contribution in [2.24, 2.45) is 0 Å². The van der Waals surface area contributed by atoms with Gasteiger partial charge in [-0.1, -0.05) is 0 Å². The summed E-state index contributed by atoms with van der Waals surface area (Å²) in [4.78, 5) is 0. The number of hydrogen-bond acceptors (Lipinski definition) is 3. The number of hydrogen-bond donors (Lipinski definition) is 0. The molecule has 1 fully saturated rings. The molecule has 1 saturated heterocycles. The quantitative estimate of drug-likeness (QED) is 0.494. The molecule has 0 aromatic carbocycles. The zero-order valence-corrected chi connectivity index (χ0v) is 18.2. The molecule has 2 rings (SSSR count). The number of ether oxygens (including phenoxy) is 1. The molecule has 0 unspecified atom stereocenters. The van der Waals surface area contributed by atoms with E-state index in [0.29, 0.717) is 6.04 Å². The molecule has 0 saturated carbocycles. The van der Waals surface area contributed by atoms with E-state index in [1.54, 1.807) is 3.71 Å². The first-order valence-electron chi connectivity index (χ1n) is 9.75. The van der Waals surface area contributed by atoms with Crippen molar-refractivity contribution in [3.63, 3.8) is 0 Å². The molecule has 4 nitrogen and oxygen atoms in total. The zero-order valence-electron chi connectivity index (χ0n) is 15.4. The maximum atomic E-state index is 5.63. The first-order valence-corrected chi connectivity index (χ1v) is 17.2. The number of unbranched alkanes of at least 4 members (excludes halogenated alkanes) is 3. The Labute approximate surface area is 146 Å². The molecule has 0 amide bonds. The Morgan fingerprint density at radius 1 is 1.09 bits per heavy atom. The van der Waals surface area contributed by atoms with Gasteiger partial charge in [0, 0.05) is 0 Å². The topological polar surface area (TPSA) is 39.9 Å². The molecule has 0 radical (unpaired) electrons. The number of nitrogens with zero attached hydrogens (tertiary/aromatic N) is 3. The van der Waals surface area contributed by atoms with Gasteiger partial charge in [0.05, 0.1) is 0 Å². The summed E-state index contributed by atoms with van der Waals surface area (Å²) >= 11 is -2.42. The van der Waals surface area contributed by atoms with Gasteiger partial charge in [0.15, 0.2) is 0 Å². The minimum absolute atomic E-state index is 0.438. The van der Waals surface area contributed by atoms with Crippen LogP contribution in [0.25, 0.3) is 0 Å². The van der Waals surface area contributed by atoms with Gasteiger partial charge in [-0.3, -0.25) is 0 Å². The molecule has 0 spiro atoms. The van der Waals surface area contributed by atoms with E-state index in [0.717, 1.165) is 19.6 Å². The molecule has 1 aliphatic rings. The molecule has 0 aliphatic carbocycles. The van der Waals surface area contributed by atoms with E-state index in [1.165, 1.54) is 51.8 Å². The van der Waals surface area contributed by atoms with Crippen LogP contribution in [0.1, 0.15) is 71.8 Å². The maximum absolute atomic E-state index is 5.63. The summed E-state index contributed by atoms with van der Waals surface area (Å²) in [7, 11) is 0. The standard InChI is InChI=1S/C6H8N3O.3C4H9.Sn/c1-4-10-5-6(1)9-3-2-7-8-9;3*1-3-4-2;/h2,6H,1,4-5H2;3*1,3-4H2,2H3;/t6-;;;;/m1..../s1. The fourth-order valence-corrected chi connectivity index (χ4v) is 20.1. The molecular formula is C18H35N3OSn. The third-order valence-corrected chi connectivity index (χ3v) is 20.7. The number of aromatic nitrogens is 3. The third-order valence-electron chi connectivity index (χ3n) is 5.40. The molecular weight excluding hydrogens is 393 g/mol. The fraction of sp³-hybridized carbons (Fsp3) is 0.889. The van der Waals surface area contributed by atoms with E-state index >= 15 is 0 Å². The van der Waals surface area contributed by atoms with Gasteiger partial charge in [0.1, 0.15) is 0 Å². The van der Waals surface area contributed by atoms with E-state index in [4.69, 9.17) is 4.74 Å². The predicted molar refractivity (Wildman–Crippen MR) is 99.0 cm³/mol. The van der Waals surface area contributed by atoms with Crippen LogP contribution < -0.4 is 3.71 Å². The Kier molecular flexibility index (Phi) is 8.37. The molecule has 23 heavy (non-hydrogen) atoms. The second kappa shape index (κ2) is 10.0. The summed E-state index contributed by atoms with van der Waals surface area (Å²) < 4.78 is 14.0. The molecule has 132 valence electrons. The summed E-state index contributed by atoms with van der Waals surface area (Å²) in [5.74, 6) is 0. The van der Waals surface area contributed by atoms with Crippen molar-refractivity contribution in [3.05, 3.63) is 6.20 Å². The van der Waals surface area contributed by atoms with Crippen LogP contribution in [0.2, 0.25) is 13.3 Å². The van der Waals surface area contributed by atoms with Crippen molar-refractivity contribution >= 4 is 22.1 Å². The summed E-state index contributed by atoms with van der Waals surface area (Å²) in [5, 5.41) is 8.89. The van der Waals surface area contributed by atoms with Crippen molar-refractivity contribution in [2.45, 2.75) is 85.1 Å². The molecule has 1 atom stereocenters. The predicted octanol–water partition coefficient (Wildman–Crippen LogP) is 4.30. The van der Waals surface area contributed by atoms with Crippen LogP contribution in [0.3, 0.4) is 0 Å². The average Bonchev–Trinajstić information content (AvgIpc) is 3.25. The van der Waals surface area contributed by atoms with Crippen LogP contribution in [0.4, 0.5) is 0 Å². The van der Waals surface area contributed by atoms with Gasteiger partial charge in [-0.05, 0) is 0 Å². The van der Waals surface area contributed by atoms with Crippen molar-refractivity contribution in [3.8, 4) is 0 Å². The van der Waals surface area contributed by atoms with Gasteiger partial charge in [-0.25, -0.2) is 0 Å². The molecule has 0 bridgehead atoms. The van der Waals surface area contributed by atoms with E-state index in [2.05, 4.69) is 42.0 Å². The van der Waals surface area contributed by atoms with Crippen molar-refractivity contribution in [1.29, 1.82) is 0 Å². The molecule has 5 heteroatoms. The summed E-state index contributed by atoms with van der Waals surface area (Å²) in [6, 6.07) is 0.438. The Bertz CT molecular complexity index is 421. The van der Waals surface area contributed by atoms with Gasteiger partial charge in [-0.2, -0.15) is 0 Å². The van der Waals surface area contributed by atoms with Crippen LogP contribution in [0.15, 0.2) is 6.20 Å². The molecule has 1 aliphatic heterocycles. The Morgan fingerprint density at radius 3 is 2.17 bits per heavy atom. The fourth-order valence-electron chi connectivity index (χ4n) is 3.91. The monoisotopic (exact) mass is 429 g/mol. The third kappa shape index (κ3) is 4.94. The first kappa shape index (κ1) is 19.2. The summed E-state index contributed by atoms with van der Waals surface area (Å²) in [6.45, 7) is 8.70. The Hall–Kier alpha value is -0.101. The van der Waals surface area contributed by atoms with Crippen LogP contribution in [-0.2, 0) is 4.74 Å². The molecule has 1 aromatic rings. The van der Waals surface area contributed by atoms with Gasteiger partial charge < -0.3 is 0 Å². The molecule has 1 aromatic heterocycles. The van der Waals surface area contributed by atoms with Gasteiger partial charge in [0.2, 0.25) is 0 Å². The number of rotatable bonds is 11. The Morgan fingerprint density at radius 2 is 1.70 bits per heavy atom. The Balaban J connectivity index is 2.31. The van der Waals surface area contributed by atoms with Gasteiger partial charge in [0.25, 0.3) is 0 Å². The van der Waals surface area contributed by atoms with E-state index in [-0.39, 0.29) is 0 Å². The van der Waals surface area contributed by atoms with Crippen molar-refractivity contribution in [1.82, 2.24) is 15.0 Å². The molecule has 2 heterocycles.